The first kappa shape index (κ1) is 19.2. The molecule has 8 nitrogen and oxygen atoms in total. The summed E-state index contributed by atoms with van der Waals surface area (Å²) in [5, 5.41) is 22.8. The lowest BCUT2D eigenvalue weighted by Gasteiger charge is -2.53. The van der Waals surface area contributed by atoms with Crippen LogP contribution in [0.1, 0.15) is 26.7 Å². The third-order valence-corrected chi connectivity index (χ3v) is 6.81. The van der Waals surface area contributed by atoms with Crippen molar-refractivity contribution < 1.29 is 24.6 Å². The number of aliphatic hydroxyl groups is 1. The van der Waals surface area contributed by atoms with E-state index in [-0.39, 0.29) is 28.8 Å². The van der Waals surface area contributed by atoms with Crippen molar-refractivity contribution in [1.82, 2.24) is 15.1 Å². The van der Waals surface area contributed by atoms with Crippen molar-refractivity contribution in [3.05, 3.63) is 10.6 Å². The van der Waals surface area contributed by atoms with Crippen LogP contribution in [-0.2, 0) is 14.4 Å². The number of rotatable bonds is 5. The molecule has 3 aliphatic heterocycles. The summed E-state index contributed by atoms with van der Waals surface area (Å²) in [6.07, 6.45) is 0.213. The van der Waals surface area contributed by atoms with E-state index in [1.165, 1.54) is 16.7 Å². The van der Waals surface area contributed by atoms with E-state index in [1.54, 1.807) is 25.9 Å². The lowest BCUT2D eigenvalue weighted by Crippen LogP contribution is -2.69. The van der Waals surface area contributed by atoms with Gasteiger partial charge in [-0.25, -0.2) is 4.79 Å². The zero-order chi connectivity index (χ0) is 19.4. The van der Waals surface area contributed by atoms with Gasteiger partial charge in [0.2, 0.25) is 11.8 Å². The van der Waals surface area contributed by atoms with Gasteiger partial charge in [0.25, 0.3) is 0 Å². The second kappa shape index (κ2) is 6.54. The Labute approximate surface area is 156 Å². The van der Waals surface area contributed by atoms with E-state index in [9.17, 15) is 24.6 Å². The van der Waals surface area contributed by atoms with E-state index in [0.29, 0.717) is 24.3 Å². The topological polar surface area (TPSA) is 110 Å². The third kappa shape index (κ3) is 2.82. The second-order valence-electron chi connectivity index (χ2n) is 7.67. The first-order valence-corrected chi connectivity index (χ1v) is 9.55. The number of carboxylic acid groups (broad SMARTS) is 1. The summed E-state index contributed by atoms with van der Waals surface area (Å²) in [4.78, 5) is 39.8. The maximum atomic E-state index is 12.4. The number of aliphatic hydroxyl groups excluding tert-OH is 1. The Hall–Kier alpha value is -1.58. The first-order valence-electron chi connectivity index (χ1n) is 8.67. The van der Waals surface area contributed by atoms with Crippen molar-refractivity contribution in [2.45, 2.75) is 49.6 Å². The first-order chi connectivity index (χ1) is 12.1. The van der Waals surface area contributed by atoms with Gasteiger partial charge in [-0.3, -0.25) is 14.5 Å². The molecule has 3 N–H and O–H groups in total. The molecule has 0 bridgehead atoms. The molecule has 0 aromatic rings. The fourth-order valence-electron chi connectivity index (χ4n) is 4.35. The van der Waals surface area contributed by atoms with Crippen LogP contribution < -0.4 is 5.32 Å². The second-order valence-corrected chi connectivity index (χ2v) is 9.07. The van der Waals surface area contributed by atoms with Gasteiger partial charge >= 0.3 is 5.97 Å². The zero-order valence-electron chi connectivity index (χ0n) is 15.4. The van der Waals surface area contributed by atoms with Gasteiger partial charge in [0, 0.05) is 37.2 Å². The number of nitrogens with one attached hydrogen (secondary N) is 1. The molecule has 0 aromatic carbocycles. The van der Waals surface area contributed by atoms with Crippen LogP contribution in [0.5, 0.6) is 0 Å². The highest BCUT2D eigenvalue weighted by atomic mass is 32.2. The van der Waals surface area contributed by atoms with E-state index >= 15 is 0 Å². The normalized spacial score (nSPS) is 34.6. The Morgan fingerprint density at radius 3 is 2.62 bits per heavy atom. The monoisotopic (exact) mass is 383 g/mol. The Morgan fingerprint density at radius 1 is 1.42 bits per heavy atom. The quantitative estimate of drug-likeness (QED) is 0.566. The number of β-lactam (4-membered cyclic amide) rings is 1. The molecule has 0 unspecified atom stereocenters. The molecule has 2 fully saturated rings. The molecule has 0 aliphatic carbocycles. The molecule has 2 amide bonds. The smallest absolute Gasteiger partial charge is 0.353 e. The van der Waals surface area contributed by atoms with Crippen LogP contribution in [-0.4, -0.2) is 81.4 Å². The van der Waals surface area contributed by atoms with E-state index in [1.807, 2.05) is 6.92 Å². The van der Waals surface area contributed by atoms with Crippen molar-refractivity contribution in [2.24, 2.45) is 5.92 Å². The van der Waals surface area contributed by atoms with Gasteiger partial charge in [0.15, 0.2) is 0 Å². The molecule has 0 saturated carbocycles. The molecule has 0 spiro atoms. The minimum Gasteiger partial charge on any atom is -0.477 e. The highest BCUT2D eigenvalue weighted by Crippen LogP contribution is 2.55. The van der Waals surface area contributed by atoms with E-state index in [4.69, 9.17) is 0 Å². The number of carbonyl (C=O) groups excluding carboxylic acids is 2. The largest absolute Gasteiger partial charge is 0.477 e. The van der Waals surface area contributed by atoms with E-state index < -0.39 is 23.5 Å². The number of thioether (sulfide) groups is 1. The number of amides is 2. The molecular formula is C17H25N3O5S. The van der Waals surface area contributed by atoms with E-state index in [2.05, 4.69) is 5.32 Å². The summed E-state index contributed by atoms with van der Waals surface area (Å²) in [5.41, 5.74) is -0.659. The SMILES string of the molecule is C[C@@H](O)[C@H]1C(=O)N2C(C(=O)O)=C(S[C@@H]3CN[C@H](C(=O)N(C)C)C3)C[C@]12C. The molecule has 0 radical (unpaired) electrons. The number of carboxylic acids is 1. The number of likely N-dealkylation sites (N-methyl/N-ethyl adjacent to an activating group) is 1. The van der Waals surface area contributed by atoms with Crippen molar-refractivity contribution in [1.29, 1.82) is 0 Å². The summed E-state index contributed by atoms with van der Waals surface area (Å²) >= 11 is 1.44. The number of hydrogen-bond donors (Lipinski definition) is 3. The minimum absolute atomic E-state index is 0.00656. The average molecular weight is 383 g/mol. The fourth-order valence-corrected chi connectivity index (χ4v) is 5.89. The van der Waals surface area contributed by atoms with Crippen LogP contribution in [0.25, 0.3) is 0 Å². The van der Waals surface area contributed by atoms with Crippen molar-refractivity contribution in [3.8, 4) is 0 Å². The van der Waals surface area contributed by atoms with Gasteiger partial charge in [-0.1, -0.05) is 0 Å². The predicted molar refractivity (Wildman–Crippen MR) is 96.2 cm³/mol. The van der Waals surface area contributed by atoms with E-state index in [0.717, 1.165) is 0 Å². The fraction of sp³-hybridized carbons (Fsp3) is 0.706. The van der Waals surface area contributed by atoms with Gasteiger partial charge in [0.05, 0.1) is 23.6 Å². The summed E-state index contributed by atoms with van der Waals surface area (Å²) in [5.74, 6) is -2.03. The van der Waals surface area contributed by atoms with Gasteiger partial charge in [-0.15, -0.1) is 11.8 Å². The summed E-state index contributed by atoms with van der Waals surface area (Å²) in [6.45, 7) is 4.00. The molecule has 3 rings (SSSR count). The average Bonchev–Trinajstić information content (AvgIpc) is 3.07. The number of fused-ring (bicyclic) bond motifs is 1. The number of carbonyl (C=O) groups is 3. The van der Waals surface area contributed by atoms with Gasteiger partial charge in [0.1, 0.15) is 5.70 Å². The van der Waals surface area contributed by atoms with Crippen molar-refractivity contribution in [2.75, 3.05) is 20.6 Å². The van der Waals surface area contributed by atoms with Crippen molar-refractivity contribution in [3.63, 3.8) is 0 Å². The molecule has 3 aliphatic rings. The summed E-state index contributed by atoms with van der Waals surface area (Å²) in [6, 6.07) is -0.266. The van der Waals surface area contributed by atoms with Gasteiger partial charge < -0.3 is 20.4 Å². The Balaban J connectivity index is 1.77. The van der Waals surface area contributed by atoms with Crippen LogP contribution in [0.4, 0.5) is 0 Å². The summed E-state index contributed by atoms with van der Waals surface area (Å²) in [7, 11) is 3.42. The lowest BCUT2D eigenvalue weighted by molar-refractivity contribution is -0.173. The Morgan fingerprint density at radius 2 is 2.08 bits per heavy atom. The highest BCUT2D eigenvalue weighted by molar-refractivity contribution is 8.03. The minimum atomic E-state index is -1.12. The van der Waals surface area contributed by atoms with Crippen LogP contribution in [0.15, 0.2) is 10.6 Å². The number of nitrogens with zero attached hydrogens (tertiary/aromatic N) is 2. The standard InChI is InChI=1S/C17H25N3O5S/c1-8(21)12-15(23)20-13(16(24)25)11(6-17(12,20)2)26-9-5-10(18-7-9)14(22)19(3)4/h8-10,12,18,21H,5-7H2,1-4H3,(H,24,25)/t8-,9+,10+,12+,17-/m1/s1. The van der Waals surface area contributed by atoms with Crippen molar-refractivity contribution >= 4 is 29.5 Å². The number of aliphatic carboxylic acids is 1. The zero-order valence-corrected chi connectivity index (χ0v) is 16.2. The molecule has 0 aromatic heterocycles. The van der Waals surface area contributed by atoms with Crippen LogP contribution in [0, 0.1) is 5.92 Å². The van der Waals surface area contributed by atoms with Gasteiger partial charge in [-0.2, -0.15) is 0 Å². The molecule has 9 heteroatoms. The molecule has 5 atom stereocenters. The lowest BCUT2D eigenvalue weighted by atomic mass is 9.71. The Kier molecular flexibility index (Phi) is 4.83. The predicted octanol–water partition coefficient (Wildman–Crippen LogP) is -0.164. The summed E-state index contributed by atoms with van der Waals surface area (Å²) < 4.78 is 0. The van der Waals surface area contributed by atoms with Crippen LogP contribution in [0.2, 0.25) is 0 Å². The highest BCUT2D eigenvalue weighted by Gasteiger charge is 2.65. The number of hydrogen-bond acceptors (Lipinski definition) is 6. The maximum Gasteiger partial charge on any atom is 0.353 e. The third-order valence-electron chi connectivity index (χ3n) is 5.50. The van der Waals surface area contributed by atoms with Crippen LogP contribution >= 0.6 is 11.8 Å². The molecular weight excluding hydrogens is 358 g/mol. The Bertz CT molecular complexity index is 692. The molecule has 2 saturated heterocycles. The van der Waals surface area contributed by atoms with Gasteiger partial charge in [-0.05, 0) is 20.3 Å². The molecule has 26 heavy (non-hydrogen) atoms. The molecule has 3 heterocycles. The maximum absolute atomic E-state index is 12.4. The van der Waals surface area contributed by atoms with Crippen LogP contribution in [0.3, 0.4) is 0 Å². The molecule has 144 valence electrons.